The number of likely N-dealkylation sites (tertiary alicyclic amines) is 1. The van der Waals surface area contributed by atoms with Crippen LogP contribution in [-0.4, -0.2) is 44.1 Å². The summed E-state index contributed by atoms with van der Waals surface area (Å²) in [5.74, 6) is 0. The Morgan fingerprint density at radius 3 is 3.00 bits per heavy atom. The number of nitrogens with one attached hydrogen (secondary N) is 1. The number of benzene rings is 1. The number of anilines is 1. The highest BCUT2D eigenvalue weighted by Crippen LogP contribution is 2.22. The second-order valence-corrected chi connectivity index (χ2v) is 6.52. The molecule has 1 aliphatic heterocycles. The molecule has 2 N–H and O–H groups in total. The summed E-state index contributed by atoms with van der Waals surface area (Å²) in [5.41, 5.74) is 3.86. The molecule has 0 aliphatic carbocycles. The van der Waals surface area contributed by atoms with Crippen molar-refractivity contribution in [2.24, 2.45) is 0 Å². The molecular formula is C18H25N5O2. The maximum Gasteiger partial charge on any atom is 0.321 e. The van der Waals surface area contributed by atoms with Crippen LogP contribution in [0.25, 0.3) is 0 Å². The van der Waals surface area contributed by atoms with E-state index in [0.717, 1.165) is 31.5 Å². The van der Waals surface area contributed by atoms with Crippen LogP contribution in [0.15, 0.2) is 24.4 Å². The Morgan fingerprint density at radius 1 is 1.44 bits per heavy atom. The molecule has 3 rings (SSSR count). The molecule has 1 saturated heterocycles. The van der Waals surface area contributed by atoms with Gasteiger partial charge in [0.05, 0.1) is 18.8 Å². The second kappa shape index (κ2) is 7.65. The van der Waals surface area contributed by atoms with Crippen molar-refractivity contribution in [3.05, 3.63) is 41.2 Å². The van der Waals surface area contributed by atoms with Crippen molar-refractivity contribution in [1.29, 1.82) is 0 Å². The predicted molar refractivity (Wildman–Crippen MR) is 95.4 cm³/mol. The lowest BCUT2D eigenvalue weighted by Gasteiger charge is -2.32. The highest BCUT2D eigenvalue weighted by Gasteiger charge is 2.25. The van der Waals surface area contributed by atoms with E-state index in [1.54, 1.807) is 10.9 Å². The summed E-state index contributed by atoms with van der Waals surface area (Å²) in [7, 11) is 0. The summed E-state index contributed by atoms with van der Waals surface area (Å²) >= 11 is 0. The molecule has 0 unspecified atom stereocenters. The summed E-state index contributed by atoms with van der Waals surface area (Å²) in [6.45, 7) is 5.40. The number of aromatic nitrogens is 3. The lowest BCUT2D eigenvalue weighted by molar-refractivity contribution is 0.174. The molecule has 2 amide bonds. The van der Waals surface area contributed by atoms with Gasteiger partial charge in [-0.25, -0.2) is 9.48 Å². The first kappa shape index (κ1) is 17.4. The van der Waals surface area contributed by atoms with Gasteiger partial charge in [-0.3, -0.25) is 0 Å². The van der Waals surface area contributed by atoms with Gasteiger partial charge in [0.25, 0.3) is 0 Å². The van der Waals surface area contributed by atoms with Crippen LogP contribution in [0.2, 0.25) is 0 Å². The van der Waals surface area contributed by atoms with Gasteiger partial charge in [-0.1, -0.05) is 18.2 Å². The second-order valence-electron chi connectivity index (χ2n) is 6.52. The largest absolute Gasteiger partial charge is 0.390 e. The number of rotatable bonds is 4. The number of aryl methyl sites for hydroxylation is 2. The standard InChI is InChI=1S/C18H25N5O2/c1-3-14-9-15(7-6-13(14)2)19-18(25)22-8-4-5-17(11-22)23-10-16(12-24)20-21-23/h6-7,9-10,17,24H,3-5,8,11-12H2,1-2H3,(H,19,25)/t17-/m0/s1. The summed E-state index contributed by atoms with van der Waals surface area (Å²) in [5, 5.41) is 20.1. The Labute approximate surface area is 147 Å². The Kier molecular flexibility index (Phi) is 5.33. The maximum atomic E-state index is 12.6. The Hall–Kier alpha value is -2.41. The molecule has 7 heteroatoms. The van der Waals surface area contributed by atoms with Crippen molar-refractivity contribution in [1.82, 2.24) is 19.9 Å². The lowest BCUT2D eigenvalue weighted by Crippen LogP contribution is -2.43. The van der Waals surface area contributed by atoms with E-state index in [0.29, 0.717) is 12.2 Å². The van der Waals surface area contributed by atoms with E-state index >= 15 is 0 Å². The molecule has 7 nitrogen and oxygen atoms in total. The van der Waals surface area contributed by atoms with Crippen LogP contribution in [0.4, 0.5) is 10.5 Å². The van der Waals surface area contributed by atoms with Gasteiger partial charge >= 0.3 is 6.03 Å². The van der Waals surface area contributed by atoms with Gasteiger partial charge in [-0.15, -0.1) is 5.10 Å². The molecule has 1 aromatic carbocycles. The summed E-state index contributed by atoms with van der Waals surface area (Å²) < 4.78 is 1.76. The van der Waals surface area contributed by atoms with Crippen molar-refractivity contribution in [3.8, 4) is 0 Å². The number of amides is 2. The third-order valence-corrected chi connectivity index (χ3v) is 4.76. The van der Waals surface area contributed by atoms with Crippen LogP contribution in [0.1, 0.15) is 42.6 Å². The highest BCUT2D eigenvalue weighted by molar-refractivity contribution is 5.89. The zero-order valence-electron chi connectivity index (χ0n) is 14.8. The average Bonchev–Trinajstić information content (AvgIpc) is 3.12. The zero-order valence-corrected chi connectivity index (χ0v) is 14.8. The normalized spacial score (nSPS) is 17.6. The van der Waals surface area contributed by atoms with Crippen molar-refractivity contribution in [3.63, 3.8) is 0 Å². The monoisotopic (exact) mass is 343 g/mol. The minimum absolute atomic E-state index is 0.0851. The van der Waals surface area contributed by atoms with Gasteiger partial charge < -0.3 is 15.3 Å². The van der Waals surface area contributed by atoms with Gasteiger partial charge in [0.1, 0.15) is 5.69 Å². The Bertz CT molecular complexity index is 743. The predicted octanol–water partition coefficient (Wildman–Crippen LogP) is 2.51. The fourth-order valence-corrected chi connectivity index (χ4v) is 3.25. The first-order chi connectivity index (χ1) is 12.1. The van der Waals surface area contributed by atoms with Crippen molar-refractivity contribution in [2.45, 2.75) is 45.8 Å². The number of nitrogens with zero attached hydrogens (tertiary/aromatic N) is 4. The van der Waals surface area contributed by atoms with Crippen LogP contribution in [-0.2, 0) is 13.0 Å². The average molecular weight is 343 g/mol. The van der Waals surface area contributed by atoms with Crippen LogP contribution in [0, 0.1) is 6.92 Å². The van der Waals surface area contributed by atoms with E-state index < -0.39 is 0 Å². The smallest absolute Gasteiger partial charge is 0.321 e. The zero-order chi connectivity index (χ0) is 17.8. The minimum Gasteiger partial charge on any atom is -0.390 e. The van der Waals surface area contributed by atoms with Gasteiger partial charge in [-0.05, 0) is 49.4 Å². The molecule has 0 bridgehead atoms. The molecule has 0 saturated carbocycles. The molecule has 1 aliphatic rings. The van der Waals surface area contributed by atoms with Crippen LogP contribution >= 0.6 is 0 Å². The number of aliphatic hydroxyl groups is 1. The minimum atomic E-state index is -0.121. The number of carbonyl (C=O) groups excluding carboxylic acids is 1. The van der Waals surface area contributed by atoms with Crippen molar-refractivity contribution >= 4 is 11.7 Å². The third-order valence-electron chi connectivity index (χ3n) is 4.76. The van der Waals surface area contributed by atoms with E-state index in [9.17, 15) is 4.79 Å². The molecule has 25 heavy (non-hydrogen) atoms. The molecule has 1 aromatic heterocycles. The maximum absolute atomic E-state index is 12.6. The quantitative estimate of drug-likeness (QED) is 0.893. The number of hydrogen-bond acceptors (Lipinski definition) is 4. The lowest BCUT2D eigenvalue weighted by atomic mass is 10.1. The van der Waals surface area contributed by atoms with Crippen molar-refractivity contribution in [2.75, 3.05) is 18.4 Å². The SMILES string of the molecule is CCc1cc(NC(=O)N2CCC[C@H](n3cc(CO)nn3)C2)ccc1C. The molecule has 134 valence electrons. The van der Waals surface area contributed by atoms with E-state index in [4.69, 9.17) is 5.11 Å². The van der Waals surface area contributed by atoms with E-state index in [1.165, 1.54) is 11.1 Å². The molecule has 1 atom stereocenters. The first-order valence-electron chi connectivity index (χ1n) is 8.77. The Morgan fingerprint density at radius 2 is 2.28 bits per heavy atom. The van der Waals surface area contributed by atoms with Crippen LogP contribution in [0.5, 0.6) is 0 Å². The summed E-state index contributed by atoms with van der Waals surface area (Å²) in [6.07, 6.45) is 4.56. The van der Waals surface area contributed by atoms with E-state index in [1.807, 2.05) is 23.1 Å². The molecule has 2 aromatic rings. The summed E-state index contributed by atoms with van der Waals surface area (Å²) in [4.78, 5) is 14.4. The van der Waals surface area contributed by atoms with Crippen LogP contribution < -0.4 is 5.32 Å². The van der Waals surface area contributed by atoms with Crippen LogP contribution in [0.3, 0.4) is 0 Å². The summed E-state index contributed by atoms with van der Waals surface area (Å²) in [6, 6.07) is 6.03. The van der Waals surface area contributed by atoms with E-state index in [-0.39, 0.29) is 18.7 Å². The number of carbonyl (C=O) groups is 1. The molecule has 0 spiro atoms. The fraction of sp³-hybridized carbons (Fsp3) is 0.500. The van der Waals surface area contributed by atoms with Crippen molar-refractivity contribution < 1.29 is 9.90 Å². The third kappa shape index (κ3) is 3.99. The number of hydrogen-bond donors (Lipinski definition) is 2. The van der Waals surface area contributed by atoms with E-state index in [2.05, 4.69) is 29.5 Å². The molecular weight excluding hydrogens is 318 g/mol. The number of piperidine rings is 1. The van der Waals surface area contributed by atoms with Gasteiger partial charge in [0, 0.05) is 18.8 Å². The number of urea groups is 1. The van der Waals surface area contributed by atoms with Gasteiger partial charge in [0.15, 0.2) is 0 Å². The molecule has 2 heterocycles. The highest BCUT2D eigenvalue weighted by atomic mass is 16.3. The topological polar surface area (TPSA) is 83.3 Å². The first-order valence-corrected chi connectivity index (χ1v) is 8.77. The van der Waals surface area contributed by atoms with Gasteiger partial charge in [0.2, 0.25) is 0 Å². The Balaban J connectivity index is 1.65. The molecule has 0 radical (unpaired) electrons. The molecule has 1 fully saturated rings. The fourth-order valence-electron chi connectivity index (χ4n) is 3.25. The number of aliphatic hydroxyl groups excluding tert-OH is 1. The van der Waals surface area contributed by atoms with Gasteiger partial charge in [-0.2, -0.15) is 0 Å².